The Balaban J connectivity index is 0.981. The fraction of sp³-hybridized carbons (Fsp3) is 0.538. The number of methoxy groups -OCH3 is 2. The van der Waals surface area contributed by atoms with Gasteiger partial charge in [-0.3, -0.25) is 0 Å². The molecule has 4 rings (SSSR count). The summed E-state index contributed by atoms with van der Waals surface area (Å²) in [6.07, 6.45) is 1.19. The van der Waals surface area contributed by atoms with Crippen molar-refractivity contribution in [2.24, 2.45) is 0 Å². The first-order valence-electron chi connectivity index (χ1n) is 24.8. The fourth-order valence-corrected chi connectivity index (χ4v) is 9.68. The van der Waals surface area contributed by atoms with E-state index in [1.165, 1.54) is 14.2 Å². The van der Waals surface area contributed by atoms with Gasteiger partial charge in [-0.15, -0.1) is 0 Å². The van der Waals surface area contributed by atoms with Gasteiger partial charge in [0.05, 0.1) is 93.5 Å². The highest BCUT2D eigenvalue weighted by molar-refractivity contribution is 7.90. The number of rotatable bonds is 42. The second-order valence-electron chi connectivity index (χ2n) is 16.4. The van der Waals surface area contributed by atoms with Gasteiger partial charge < -0.3 is 62.7 Å². The van der Waals surface area contributed by atoms with Crippen LogP contribution in [0.3, 0.4) is 0 Å². The molecule has 0 bridgehead atoms. The normalized spacial score (nSPS) is 12.6. The van der Waals surface area contributed by atoms with Crippen LogP contribution in [-0.4, -0.2) is 162 Å². The Morgan fingerprint density at radius 3 is 1.07 bits per heavy atom. The Bertz CT molecular complexity index is 2220. The highest BCUT2D eigenvalue weighted by atomic mass is 32.2. The molecular formula is C52H78N4O15S2. The molecule has 0 saturated heterocycles. The van der Waals surface area contributed by atoms with E-state index in [1.54, 1.807) is 24.3 Å². The molecule has 0 amide bonds. The van der Waals surface area contributed by atoms with Gasteiger partial charge >= 0.3 is 0 Å². The van der Waals surface area contributed by atoms with Crippen LogP contribution in [0.15, 0.2) is 94.7 Å². The van der Waals surface area contributed by atoms with E-state index in [9.17, 15) is 16.8 Å². The van der Waals surface area contributed by atoms with Crippen LogP contribution >= 0.6 is 0 Å². The van der Waals surface area contributed by atoms with Crippen molar-refractivity contribution in [3.63, 3.8) is 0 Å². The van der Waals surface area contributed by atoms with Crippen molar-refractivity contribution < 1.29 is 68.9 Å². The van der Waals surface area contributed by atoms with Gasteiger partial charge in [0.15, 0.2) is 23.0 Å². The summed E-state index contributed by atoms with van der Waals surface area (Å²) in [6.45, 7) is 14.2. The Hall–Kier alpha value is -4.78. The van der Waals surface area contributed by atoms with Crippen LogP contribution in [0.4, 0.5) is 0 Å². The minimum atomic E-state index is -3.88. The number of sulfonamides is 2. The predicted octanol–water partition coefficient (Wildman–Crippen LogP) is 5.04. The zero-order valence-electron chi connectivity index (χ0n) is 43.3. The number of para-hydroxylation sites is 4. The van der Waals surface area contributed by atoms with Crippen molar-refractivity contribution in [1.82, 2.24) is 20.1 Å². The minimum Gasteiger partial charge on any atom is -0.495 e. The minimum absolute atomic E-state index is 0.0517. The quantitative estimate of drug-likeness (QED) is 0.0428. The second-order valence-corrected chi connectivity index (χ2v) is 19.9. The van der Waals surface area contributed by atoms with Gasteiger partial charge in [0.25, 0.3) is 0 Å². The maximum absolute atomic E-state index is 13.2. The molecule has 0 aliphatic heterocycles. The fourth-order valence-electron chi connectivity index (χ4n) is 7.22. The molecule has 21 heteroatoms. The maximum atomic E-state index is 13.2. The molecule has 0 aliphatic carbocycles. The summed E-state index contributed by atoms with van der Waals surface area (Å²) in [6, 6.07) is 25.5. The summed E-state index contributed by atoms with van der Waals surface area (Å²) in [4.78, 5) is 0.124. The zero-order valence-corrected chi connectivity index (χ0v) is 45.0. The first-order valence-corrected chi connectivity index (χ1v) is 27.7. The highest BCUT2D eigenvalue weighted by Gasteiger charge is 2.22. The first-order chi connectivity index (χ1) is 35.4. The largest absolute Gasteiger partial charge is 0.495 e. The van der Waals surface area contributed by atoms with Crippen molar-refractivity contribution >= 4 is 20.0 Å². The van der Waals surface area contributed by atoms with E-state index in [0.717, 1.165) is 11.1 Å². The lowest BCUT2D eigenvalue weighted by molar-refractivity contribution is -0.0102. The van der Waals surface area contributed by atoms with Gasteiger partial charge in [0.1, 0.15) is 34.5 Å². The van der Waals surface area contributed by atoms with Crippen LogP contribution in [0, 0.1) is 0 Å². The maximum Gasteiger partial charge on any atom is 0.244 e. The molecule has 408 valence electrons. The lowest BCUT2D eigenvalue weighted by atomic mass is 10.1. The van der Waals surface area contributed by atoms with Crippen LogP contribution in [0.1, 0.15) is 38.8 Å². The van der Waals surface area contributed by atoms with Crippen LogP contribution in [0.5, 0.6) is 34.5 Å². The second kappa shape index (κ2) is 34.7. The van der Waals surface area contributed by atoms with Crippen molar-refractivity contribution in [3.05, 3.63) is 96.1 Å². The SMILES string of the molecule is CCOc1ccccc1OCCNC(C)Cc1ccc(OC)c(S(=O)(=O)NCCOCCOCCOCCOCCOCCNS(=O)(=O)c2cc(CC(C)NCCOc3ccccc3OCC)ccc2OC)c1. The summed E-state index contributed by atoms with van der Waals surface area (Å²) in [5, 5.41) is 6.84. The summed E-state index contributed by atoms with van der Waals surface area (Å²) in [5.41, 5.74) is 1.68. The smallest absolute Gasteiger partial charge is 0.244 e. The lowest BCUT2D eigenvalue weighted by Crippen LogP contribution is -2.32. The summed E-state index contributed by atoms with van der Waals surface area (Å²) in [5.74, 6) is 3.30. The third-order valence-electron chi connectivity index (χ3n) is 10.7. The summed E-state index contributed by atoms with van der Waals surface area (Å²) < 4.78 is 120. The molecule has 0 spiro atoms. The summed E-state index contributed by atoms with van der Waals surface area (Å²) in [7, 11) is -4.87. The third kappa shape index (κ3) is 23.1. The van der Waals surface area contributed by atoms with Gasteiger partial charge in [-0.25, -0.2) is 26.3 Å². The van der Waals surface area contributed by atoms with E-state index in [1.807, 2.05) is 88.4 Å². The van der Waals surface area contributed by atoms with Gasteiger partial charge in [-0.05, 0) is 100 Å². The number of benzene rings is 4. The standard InChI is InChI=1S/C52H78N4O15S2/c1-7-68-45-13-9-11-15-47(45)70-27-21-53-41(3)37-43-17-19-49(61-5)51(39-43)72(57,58)55-23-25-63-29-31-65-33-35-67-36-34-66-32-30-64-26-24-56-73(59,60)52-40-44(18-20-50(52)62-6)38-42(4)54-22-28-71-48-16-12-10-14-46(48)69-8-2/h9-20,39-42,53-56H,7-8,21-38H2,1-6H3. The van der Waals surface area contributed by atoms with Gasteiger partial charge in [-0.1, -0.05) is 36.4 Å². The van der Waals surface area contributed by atoms with Crippen molar-refractivity contribution in [2.75, 3.05) is 133 Å². The number of nitrogens with one attached hydrogen (secondary N) is 4. The molecule has 0 radical (unpaired) electrons. The molecule has 0 aliphatic rings. The van der Waals surface area contributed by atoms with Crippen molar-refractivity contribution in [1.29, 1.82) is 0 Å². The van der Waals surface area contributed by atoms with Crippen LogP contribution in [0.25, 0.3) is 0 Å². The molecule has 0 heterocycles. The van der Waals surface area contributed by atoms with E-state index >= 15 is 0 Å². The molecule has 0 fully saturated rings. The van der Waals surface area contributed by atoms with Gasteiger partial charge in [-0.2, -0.15) is 0 Å². The van der Waals surface area contributed by atoms with Crippen LogP contribution < -0.4 is 48.5 Å². The third-order valence-corrected chi connectivity index (χ3v) is 13.7. The number of hydrogen-bond acceptors (Lipinski definition) is 17. The van der Waals surface area contributed by atoms with E-state index in [-0.39, 0.29) is 72.9 Å². The van der Waals surface area contributed by atoms with Crippen molar-refractivity contribution in [2.45, 2.75) is 62.4 Å². The molecule has 4 aromatic rings. The number of ether oxygens (including phenoxy) is 11. The zero-order chi connectivity index (χ0) is 52.6. The Morgan fingerprint density at radius 2 is 0.740 bits per heavy atom. The monoisotopic (exact) mass is 1060 g/mol. The summed E-state index contributed by atoms with van der Waals surface area (Å²) >= 11 is 0. The predicted molar refractivity (Wildman–Crippen MR) is 279 cm³/mol. The molecular weight excluding hydrogens is 985 g/mol. The average Bonchev–Trinajstić information content (AvgIpc) is 3.38. The molecule has 4 N–H and O–H groups in total. The van der Waals surface area contributed by atoms with Gasteiger partial charge in [0, 0.05) is 38.3 Å². The average molecular weight is 1060 g/mol. The van der Waals surface area contributed by atoms with Gasteiger partial charge in [0.2, 0.25) is 20.0 Å². The lowest BCUT2D eigenvalue weighted by Gasteiger charge is -2.17. The van der Waals surface area contributed by atoms with Crippen molar-refractivity contribution in [3.8, 4) is 34.5 Å². The molecule has 19 nitrogen and oxygen atoms in total. The molecule has 73 heavy (non-hydrogen) atoms. The Labute approximate surface area is 433 Å². The number of hydrogen-bond donors (Lipinski definition) is 4. The Morgan fingerprint density at radius 1 is 0.411 bits per heavy atom. The topological polar surface area (TPSA) is 218 Å². The first kappa shape index (κ1) is 60.8. The molecule has 2 atom stereocenters. The van der Waals surface area contributed by atoms with Crippen LogP contribution in [0.2, 0.25) is 0 Å². The van der Waals surface area contributed by atoms with E-state index < -0.39 is 20.0 Å². The molecule has 0 saturated carbocycles. The molecule has 0 aromatic heterocycles. The van der Waals surface area contributed by atoms with E-state index in [4.69, 9.17) is 52.1 Å². The molecule has 4 aromatic carbocycles. The Kier molecular flexibility index (Phi) is 28.9. The van der Waals surface area contributed by atoms with E-state index in [2.05, 4.69) is 20.1 Å². The molecule has 2 unspecified atom stereocenters. The highest BCUT2D eigenvalue weighted by Crippen LogP contribution is 2.29. The van der Waals surface area contributed by atoms with Crippen LogP contribution in [-0.2, 0) is 56.6 Å². The van der Waals surface area contributed by atoms with E-state index in [0.29, 0.717) is 115 Å².